The van der Waals surface area contributed by atoms with Gasteiger partial charge in [0.1, 0.15) is 5.82 Å². The van der Waals surface area contributed by atoms with E-state index in [9.17, 15) is 9.18 Å². The first-order chi connectivity index (χ1) is 9.58. The van der Waals surface area contributed by atoms with E-state index in [1.807, 2.05) is 13.1 Å². The van der Waals surface area contributed by atoms with Gasteiger partial charge in [0.05, 0.1) is 0 Å². The molecule has 0 bridgehead atoms. The van der Waals surface area contributed by atoms with Crippen LogP contribution in [-0.4, -0.2) is 22.2 Å². The fraction of sp³-hybridized carbons (Fsp3) is 0.286. The second kappa shape index (κ2) is 6.29. The molecule has 0 aliphatic heterocycles. The molecule has 1 amide bonds. The van der Waals surface area contributed by atoms with E-state index in [1.165, 1.54) is 18.2 Å². The lowest BCUT2D eigenvalue weighted by atomic mass is 10.1. The van der Waals surface area contributed by atoms with Gasteiger partial charge in [-0.2, -0.15) is 5.10 Å². The Morgan fingerprint density at radius 3 is 2.90 bits per heavy atom. The topological polar surface area (TPSA) is 72.9 Å². The van der Waals surface area contributed by atoms with Crippen molar-refractivity contribution in [2.45, 2.75) is 13.0 Å². The normalized spacial score (nSPS) is 10.7. The van der Waals surface area contributed by atoms with E-state index in [2.05, 4.69) is 10.4 Å². The minimum absolute atomic E-state index is 0.315. The van der Waals surface area contributed by atoms with Gasteiger partial charge in [-0.25, -0.2) is 4.39 Å². The van der Waals surface area contributed by atoms with Gasteiger partial charge in [0.2, 0.25) is 5.91 Å². The summed E-state index contributed by atoms with van der Waals surface area (Å²) in [6, 6.07) is 6.07. The van der Waals surface area contributed by atoms with Crippen LogP contribution in [-0.2, 0) is 20.0 Å². The van der Waals surface area contributed by atoms with E-state index in [0.29, 0.717) is 24.2 Å². The summed E-state index contributed by atoms with van der Waals surface area (Å²) in [7, 11) is 1.88. The number of aromatic nitrogens is 2. The number of nitrogens with two attached hydrogens (primary N) is 1. The molecule has 0 radical (unpaired) electrons. The molecule has 20 heavy (non-hydrogen) atoms. The average molecular weight is 276 g/mol. The molecule has 0 saturated heterocycles. The van der Waals surface area contributed by atoms with Crippen LogP contribution in [0.5, 0.6) is 0 Å². The molecule has 0 unspecified atom stereocenters. The van der Waals surface area contributed by atoms with Crippen molar-refractivity contribution in [1.82, 2.24) is 15.1 Å². The Bertz CT molecular complexity index is 609. The predicted octanol–water partition coefficient (Wildman–Crippen LogP) is 0.990. The number of primary amides is 1. The molecule has 2 aromatic rings. The quantitative estimate of drug-likeness (QED) is 0.773. The van der Waals surface area contributed by atoms with E-state index < -0.39 is 5.91 Å². The molecule has 0 aliphatic rings. The highest BCUT2D eigenvalue weighted by Gasteiger charge is 2.07. The van der Waals surface area contributed by atoms with Gasteiger partial charge < -0.3 is 11.1 Å². The highest BCUT2D eigenvalue weighted by atomic mass is 19.1. The molecule has 5 nitrogen and oxygen atoms in total. The third-order valence-corrected chi connectivity index (χ3v) is 3.13. The smallest absolute Gasteiger partial charge is 0.248 e. The number of benzene rings is 1. The van der Waals surface area contributed by atoms with Crippen molar-refractivity contribution >= 4 is 5.91 Å². The number of hydrogen-bond donors (Lipinski definition) is 2. The molecule has 1 aromatic carbocycles. The summed E-state index contributed by atoms with van der Waals surface area (Å²) in [5.41, 5.74) is 7.03. The number of aryl methyl sites for hydroxylation is 1. The van der Waals surface area contributed by atoms with Crippen molar-refractivity contribution in [3.8, 4) is 0 Å². The summed E-state index contributed by atoms with van der Waals surface area (Å²) in [6.07, 6.45) is 2.54. The van der Waals surface area contributed by atoms with Crippen molar-refractivity contribution < 1.29 is 9.18 Å². The predicted molar refractivity (Wildman–Crippen MR) is 73.5 cm³/mol. The molecule has 3 N–H and O–H groups in total. The zero-order valence-electron chi connectivity index (χ0n) is 11.3. The van der Waals surface area contributed by atoms with Crippen LogP contribution in [0.2, 0.25) is 0 Å². The zero-order valence-corrected chi connectivity index (χ0v) is 11.3. The number of carbonyl (C=O) groups excluding carboxylic acids is 1. The summed E-state index contributed by atoms with van der Waals surface area (Å²) in [4.78, 5) is 11.1. The van der Waals surface area contributed by atoms with E-state index in [4.69, 9.17) is 5.73 Å². The van der Waals surface area contributed by atoms with Crippen LogP contribution in [0, 0.1) is 5.82 Å². The van der Waals surface area contributed by atoms with Crippen molar-refractivity contribution in [2.24, 2.45) is 12.8 Å². The third kappa shape index (κ3) is 3.42. The van der Waals surface area contributed by atoms with Gasteiger partial charge in [0.15, 0.2) is 0 Å². The molecule has 1 aromatic heterocycles. The molecule has 0 aliphatic carbocycles. The number of carbonyl (C=O) groups is 1. The lowest BCUT2D eigenvalue weighted by molar-refractivity contribution is 0.1000. The number of rotatable bonds is 6. The number of amides is 1. The Labute approximate surface area is 116 Å². The SMILES string of the molecule is Cn1nccc1CCNCc1cc(C(N)=O)ccc1F. The lowest BCUT2D eigenvalue weighted by Gasteiger charge is -2.07. The third-order valence-electron chi connectivity index (χ3n) is 3.13. The Kier molecular flexibility index (Phi) is 4.47. The van der Waals surface area contributed by atoms with Crippen LogP contribution in [0.15, 0.2) is 30.5 Å². The number of nitrogens with zero attached hydrogens (tertiary/aromatic N) is 2. The maximum Gasteiger partial charge on any atom is 0.248 e. The van der Waals surface area contributed by atoms with E-state index >= 15 is 0 Å². The van der Waals surface area contributed by atoms with Crippen molar-refractivity contribution in [1.29, 1.82) is 0 Å². The molecular weight excluding hydrogens is 259 g/mol. The van der Waals surface area contributed by atoms with Crippen LogP contribution >= 0.6 is 0 Å². The van der Waals surface area contributed by atoms with Crippen molar-refractivity contribution in [3.05, 3.63) is 53.1 Å². The molecule has 1 heterocycles. The largest absolute Gasteiger partial charge is 0.366 e. The summed E-state index contributed by atoms with van der Waals surface area (Å²) in [6.45, 7) is 1.05. The van der Waals surface area contributed by atoms with Crippen LogP contribution in [0.25, 0.3) is 0 Å². The van der Waals surface area contributed by atoms with E-state index in [-0.39, 0.29) is 5.82 Å². The van der Waals surface area contributed by atoms with Crippen molar-refractivity contribution in [2.75, 3.05) is 6.54 Å². The Hall–Kier alpha value is -2.21. The van der Waals surface area contributed by atoms with Gasteiger partial charge in [0, 0.05) is 49.6 Å². The molecule has 6 heteroatoms. The van der Waals surface area contributed by atoms with Crippen LogP contribution in [0.4, 0.5) is 4.39 Å². The van der Waals surface area contributed by atoms with Crippen molar-refractivity contribution in [3.63, 3.8) is 0 Å². The molecular formula is C14H17FN4O. The zero-order chi connectivity index (χ0) is 14.5. The van der Waals surface area contributed by atoms with Crippen LogP contribution < -0.4 is 11.1 Å². The molecule has 2 rings (SSSR count). The standard InChI is InChI=1S/C14H17FN4O/c1-19-12(5-7-18-19)4-6-17-9-11-8-10(14(16)20)2-3-13(11)15/h2-3,5,7-8,17H,4,6,9H2,1H3,(H2,16,20). The van der Waals surface area contributed by atoms with Crippen LogP contribution in [0.1, 0.15) is 21.6 Å². The summed E-state index contributed by atoms with van der Waals surface area (Å²) < 4.78 is 15.4. The first-order valence-corrected chi connectivity index (χ1v) is 6.34. The van der Waals surface area contributed by atoms with E-state index in [1.54, 1.807) is 10.9 Å². The second-order valence-corrected chi connectivity index (χ2v) is 4.54. The first kappa shape index (κ1) is 14.2. The van der Waals surface area contributed by atoms with E-state index in [0.717, 1.165) is 12.1 Å². The summed E-state index contributed by atoms with van der Waals surface area (Å²) >= 11 is 0. The molecule has 0 atom stereocenters. The Morgan fingerprint density at radius 2 is 2.25 bits per heavy atom. The second-order valence-electron chi connectivity index (χ2n) is 4.54. The highest BCUT2D eigenvalue weighted by molar-refractivity contribution is 5.92. The molecule has 0 saturated carbocycles. The molecule has 0 spiro atoms. The van der Waals surface area contributed by atoms with Gasteiger partial charge in [-0.1, -0.05) is 0 Å². The Balaban J connectivity index is 1.89. The lowest BCUT2D eigenvalue weighted by Crippen LogP contribution is -2.19. The molecule has 106 valence electrons. The summed E-state index contributed by atoms with van der Waals surface area (Å²) in [5, 5.41) is 7.22. The average Bonchev–Trinajstić information content (AvgIpc) is 2.82. The van der Waals surface area contributed by atoms with Gasteiger partial charge in [0.25, 0.3) is 0 Å². The highest BCUT2D eigenvalue weighted by Crippen LogP contribution is 2.10. The van der Waals surface area contributed by atoms with Crippen LogP contribution in [0.3, 0.4) is 0 Å². The minimum atomic E-state index is -0.555. The van der Waals surface area contributed by atoms with Gasteiger partial charge >= 0.3 is 0 Å². The van der Waals surface area contributed by atoms with Gasteiger partial charge in [-0.15, -0.1) is 0 Å². The molecule has 0 fully saturated rings. The number of halogens is 1. The maximum absolute atomic E-state index is 13.6. The van der Waals surface area contributed by atoms with Gasteiger partial charge in [-0.05, 0) is 24.3 Å². The summed E-state index contributed by atoms with van der Waals surface area (Å²) in [5.74, 6) is -0.899. The van der Waals surface area contributed by atoms with Gasteiger partial charge in [-0.3, -0.25) is 9.48 Å². The fourth-order valence-electron chi connectivity index (χ4n) is 1.95. The minimum Gasteiger partial charge on any atom is -0.366 e. The number of nitrogens with one attached hydrogen (secondary N) is 1. The Morgan fingerprint density at radius 1 is 1.45 bits per heavy atom. The number of hydrogen-bond acceptors (Lipinski definition) is 3. The fourth-order valence-corrected chi connectivity index (χ4v) is 1.95. The monoisotopic (exact) mass is 276 g/mol. The first-order valence-electron chi connectivity index (χ1n) is 6.34. The maximum atomic E-state index is 13.6.